The summed E-state index contributed by atoms with van der Waals surface area (Å²) in [5, 5.41) is 2.66. The van der Waals surface area contributed by atoms with E-state index in [1.165, 1.54) is 12.1 Å². The standard InChI is InChI=1S/C13H18FNO2/c1-2-17-13(16)15-10-4-3-5-11-6-8-12(14)9-7-11/h6-9H,2-5,10H2,1H3,(H,15,16). The number of halogens is 1. The zero-order chi connectivity index (χ0) is 12.5. The van der Waals surface area contributed by atoms with Crippen LogP contribution in [0.15, 0.2) is 24.3 Å². The first-order valence-electron chi connectivity index (χ1n) is 5.87. The molecule has 94 valence electrons. The van der Waals surface area contributed by atoms with Crippen molar-refractivity contribution in [2.75, 3.05) is 13.2 Å². The van der Waals surface area contributed by atoms with E-state index in [2.05, 4.69) is 5.32 Å². The number of benzene rings is 1. The number of hydrogen-bond acceptors (Lipinski definition) is 2. The predicted octanol–water partition coefficient (Wildman–Crippen LogP) is 2.89. The van der Waals surface area contributed by atoms with Gasteiger partial charge in [-0.25, -0.2) is 9.18 Å². The first kappa shape index (κ1) is 13.5. The number of rotatable bonds is 6. The number of nitrogens with one attached hydrogen (secondary N) is 1. The van der Waals surface area contributed by atoms with Gasteiger partial charge in [0.15, 0.2) is 0 Å². The SMILES string of the molecule is CCOC(=O)NCCCCc1ccc(F)cc1. The fourth-order valence-electron chi connectivity index (χ4n) is 1.48. The fraction of sp³-hybridized carbons (Fsp3) is 0.462. The zero-order valence-electron chi connectivity index (χ0n) is 10.0. The number of alkyl carbamates (subject to hydrolysis) is 1. The van der Waals surface area contributed by atoms with Gasteiger partial charge in [-0.05, 0) is 43.9 Å². The van der Waals surface area contributed by atoms with E-state index in [-0.39, 0.29) is 11.9 Å². The highest BCUT2D eigenvalue weighted by molar-refractivity contribution is 5.66. The van der Waals surface area contributed by atoms with Crippen LogP contribution in [0, 0.1) is 5.82 Å². The van der Waals surface area contributed by atoms with Gasteiger partial charge in [-0.2, -0.15) is 0 Å². The summed E-state index contributed by atoms with van der Waals surface area (Å²) in [4.78, 5) is 10.9. The molecule has 0 saturated heterocycles. The average molecular weight is 239 g/mol. The smallest absolute Gasteiger partial charge is 0.407 e. The lowest BCUT2D eigenvalue weighted by Gasteiger charge is -2.05. The summed E-state index contributed by atoms with van der Waals surface area (Å²) >= 11 is 0. The monoisotopic (exact) mass is 239 g/mol. The Morgan fingerprint density at radius 3 is 2.65 bits per heavy atom. The highest BCUT2D eigenvalue weighted by atomic mass is 19.1. The summed E-state index contributed by atoms with van der Waals surface area (Å²) in [6.45, 7) is 2.77. The van der Waals surface area contributed by atoms with Gasteiger partial charge in [0.05, 0.1) is 6.61 Å². The molecule has 0 fully saturated rings. The number of ether oxygens (including phenoxy) is 1. The van der Waals surface area contributed by atoms with Crippen LogP contribution in [0.4, 0.5) is 9.18 Å². The van der Waals surface area contributed by atoms with E-state index in [4.69, 9.17) is 4.74 Å². The van der Waals surface area contributed by atoms with Crippen LogP contribution in [0.5, 0.6) is 0 Å². The van der Waals surface area contributed by atoms with Gasteiger partial charge < -0.3 is 10.1 Å². The van der Waals surface area contributed by atoms with Gasteiger partial charge in [-0.3, -0.25) is 0 Å². The summed E-state index contributed by atoms with van der Waals surface area (Å²) in [6, 6.07) is 6.50. The average Bonchev–Trinajstić information content (AvgIpc) is 2.31. The minimum absolute atomic E-state index is 0.210. The molecule has 1 aromatic carbocycles. The quantitative estimate of drug-likeness (QED) is 0.775. The van der Waals surface area contributed by atoms with Crippen molar-refractivity contribution in [1.82, 2.24) is 5.32 Å². The lowest BCUT2D eigenvalue weighted by Crippen LogP contribution is -2.25. The van der Waals surface area contributed by atoms with Gasteiger partial charge in [0.2, 0.25) is 0 Å². The van der Waals surface area contributed by atoms with Crippen LogP contribution in [-0.4, -0.2) is 19.2 Å². The molecule has 17 heavy (non-hydrogen) atoms. The molecule has 0 aliphatic heterocycles. The number of carbonyl (C=O) groups excluding carboxylic acids is 1. The summed E-state index contributed by atoms with van der Waals surface area (Å²) in [5.74, 6) is -0.210. The van der Waals surface area contributed by atoms with E-state index in [0.717, 1.165) is 24.8 Å². The van der Waals surface area contributed by atoms with E-state index < -0.39 is 0 Å². The molecule has 0 aromatic heterocycles. The molecule has 3 nitrogen and oxygen atoms in total. The Hall–Kier alpha value is -1.58. The highest BCUT2D eigenvalue weighted by Gasteiger charge is 1.99. The molecule has 0 spiro atoms. The normalized spacial score (nSPS) is 10.0. The lowest BCUT2D eigenvalue weighted by molar-refractivity contribution is 0.152. The van der Waals surface area contributed by atoms with Gasteiger partial charge in [0.25, 0.3) is 0 Å². The molecule has 1 rings (SSSR count). The Kier molecular flexibility index (Phi) is 6.07. The number of amides is 1. The largest absolute Gasteiger partial charge is 0.450 e. The molecule has 0 aliphatic carbocycles. The van der Waals surface area contributed by atoms with E-state index in [1.807, 2.05) is 0 Å². The third-order valence-corrected chi connectivity index (χ3v) is 2.35. The molecule has 1 amide bonds. The van der Waals surface area contributed by atoms with E-state index in [9.17, 15) is 9.18 Å². The fourth-order valence-corrected chi connectivity index (χ4v) is 1.48. The van der Waals surface area contributed by atoms with E-state index in [1.54, 1.807) is 19.1 Å². The summed E-state index contributed by atoms with van der Waals surface area (Å²) < 4.78 is 17.4. The third-order valence-electron chi connectivity index (χ3n) is 2.35. The van der Waals surface area contributed by atoms with Gasteiger partial charge >= 0.3 is 6.09 Å². The number of unbranched alkanes of at least 4 members (excludes halogenated alkanes) is 1. The molecule has 0 aliphatic rings. The first-order chi connectivity index (χ1) is 8.22. The Morgan fingerprint density at radius 2 is 2.00 bits per heavy atom. The van der Waals surface area contributed by atoms with Crippen molar-refractivity contribution in [3.8, 4) is 0 Å². The van der Waals surface area contributed by atoms with Gasteiger partial charge in [0.1, 0.15) is 5.82 Å². The molecule has 0 heterocycles. The molecule has 0 bridgehead atoms. The maximum absolute atomic E-state index is 12.6. The van der Waals surface area contributed by atoms with Crippen molar-refractivity contribution in [3.63, 3.8) is 0 Å². The van der Waals surface area contributed by atoms with Crippen LogP contribution >= 0.6 is 0 Å². The minimum Gasteiger partial charge on any atom is -0.450 e. The predicted molar refractivity (Wildman–Crippen MR) is 64.4 cm³/mol. The second-order valence-electron chi connectivity index (χ2n) is 3.73. The Labute approximate surface area is 101 Å². The van der Waals surface area contributed by atoms with E-state index in [0.29, 0.717) is 13.2 Å². The maximum Gasteiger partial charge on any atom is 0.407 e. The summed E-state index contributed by atoms with van der Waals surface area (Å²) in [5.41, 5.74) is 1.11. The second-order valence-corrected chi connectivity index (χ2v) is 3.73. The maximum atomic E-state index is 12.6. The van der Waals surface area contributed by atoms with E-state index >= 15 is 0 Å². The minimum atomic E-state index is -0.366. The molecule has 0 atom stereocenters. The molecule has 1 aromatic rings. The van der Waals surface area contributed by atoms with Crippen LogP contribution in [0.1, 0.15) is 25.3 Å². The Bertz CT molecular complexity index is 338. The summed E-state index contributed by atoms with van der Waals surface area (Å²) in [6.07, 6.45) is 2.37. The van der Waals surface area contributed by atoms with Crippen molar-refractivity contribution in [2.45, 2.75) is 26.2 Å². The lowest BCUT2D eigenvalue weighted by atomic mass is 10.1. The molecular weight excluding hydrogens is 221 g/mol. The number of carbonyl (C=O) groups is 1. The molecular formula is C13H18FNO2. The van der Waals surface area contributed by atoms with Gasteiger partial charge in [0, 0.05) is 6.54 Å². The van der Waals surface area contributed by atoms with Crippen molar-refractivity contribution in [2.24, 2.45) is 0 Å². The number of hydrogen-bond donors (Lipinski definition) is 1. The van der Waals surface area contributed by atoms with Crippen molar-refractivity contribution >= 4 is 6.09 Å². The van der Waals surface area contributed by atoms with Crippen LogP contribution < -0.4 is 5.32 Å². The van der Waals surface area contributed by atoms with Crippen molar-refractivity contribution in [3.05, 3.63) is 35.6 Å². The third kappa shape index (κ3) is 5.90. The summed E-state index contributed by atoms with van der Waals surface area (Å²) in [7, 11) is 0. The number of aryl methyl sites for hydroxylation is 1. The van der Waals surface area contributed by atoms with Gasteiger partial charge in [-0.1, -0.05) is 12.1 Å². The topological polar surface area (TPSA) is 38.3 Å². The van der Waals surface area contributed by atoms with Crippen LogP contribution in [-0.2, 0) is 11.2 Å². The molecule has 0 radical (unpaired) electrons. The van der Waals surface area contributed by atoms with Crippen LogP contribution in [0.2, 0.25) is 0 Å². The van der Waals surface area contributed by atoms with Crippen LogP contribution in [0.3, 0.4) is 0 Å². The molecule has 0 saturated carbocycles. The second kappa shape index (κ2) is 7.65. The zero-order valence-corrected chi connectivity index (χ0v) is 10.0. The Morgan fingerprint density at radius 1 is 1.29 bits per heavy atom. The van der Waals surface area contributed by atoms with Crippen LogP contribution in [0.25, 0.3) is 0 Å². The molecule has 4 heteroatoms. The Balaban J connectivity index is 2.08. The first-order valence-corrected chi connectivity index (χ1v) is 5.87. The van der Waals surface area contributed by atoms with Gasteiger partial charge in [-0.15, -0.1) is 0 Å². The molecule has 0 unspecified atom stereocenters. The molecule has 1 N–H and O–H groups in total. The van der Waals surface area contributed by atoms with Crippen molar-refractivity contribution in [1.29, 1.82) is 0 Å². The van der Waals surface area contributed by atoms with Crippen molar-refractivity contribution < 1.29 is 13.9 Å². The highest BCUT2D eigenvalue weighted by Crippen LogP contribution is 2.06.